The third-order valence-electron chi connectivity index (χ3n) is 2.82. The minimum atomic E-state index is -0.475. The van der Waals surface area contributed by atoms with Gasteiger partial charge in [-0.2, -0.15) is 0 Å². The Hall–Kier alpha value is -1.96. The molecule has 2 aromatic rings. The number of hydrogen-bond donors (Lipinski definition) is 0. The van der Waals surface area contributed by atoms with Crippen molar-refractivity contribution >= 4 is 6.29 Å². The Balaban J connectivity index is 2.38. The Labute approximate surface area is 99.9 Å². The van der Waals surface area contributed by atoms with E-state index < -0.39 is 5.82 Å². The molecule has 0 saturated heterocycles. The lowest BCUT2D eigenvalue weighted by atomic mass is 10.0. The highest BCUT2D eigenvalue weighted by Gasteiger charge is 2.04. The maximum atomic E-state index is 13.5. The van der Waals surface area contributed by atoms with Crippen molar-refractivity contribution in [3.8, 4) is 11.1 Å². The number of carbonyl (C=O) groups is 1. The molecular weight excluding hydrogens is 215 g/mol. The van der Waals surface area contributed by atoms with Crippen molar-refractivity contribution in [3.05, 3.63) is 59.4 Å². The summed E-state index contributed by atoms with van der Waals surface area (Å²) in [5.41, 5.74) is 3.09. The van der Waals surface area contributed by atoms with Gasteiger partial charge in [0.25, 0.3) is 0 Å². The summed E-state index contributed by atoms with van der Waals surface area (Å²) < 4.78 is 13.5. The van der Waals surface area contributed by atoms with Crippen LogP contribution in [0.5, 0.6) is 0 Å². The molecule has 1 nitrogen and oxygen atoms in total. The normalized spacial score (nSPS) is 10.2. The Morgan fingerprint density at radius 3 is 2.24 bits per heavy atom. The number of rotatable bonds is 3. The van der Waals surface area contributed by atoms with Gasteiger partial charge in [0, 0.05) is 0 Å². The summed E-state index contributed by atoms with van der Waals surface area (Å²) in [7, 11) is 0. The molecule has 17 heavy (non-hydrogen) atoms. The average Bonchev–Trinajstić information content (AvgIpc) is 2.39. The summed E-state index contributed by atoms with van der Waals surface area (Å²) in [6.45, 7) is 2.09. The molecule has 0 aliphatic carbocycles. The van der Waals surface area contributed by atoms with Crippen molar-refractivity contribution in [2.75, 3.05) is 0 Å². The van der Waals surface area contributed by atoms with Crippen molar-refractivity contribution in [3.63, 3.8) is 0 Å². The van der Waals surface area contributed by atoms with E-state index in [1.807, 2.05) is 24.3 Å². The molecule has 2 aromatic carbocycles. The van der Waals surface area contributed by atoms with Crippen LogP contribution < -0.4 is 0 Å². The van der Waals surface area contributed by atoms with Crippen molar-refractivity contribution < 1.29 is 9.18 Å². The molecule has 0 saturated carbocycles. The fourth-order valence-corrected chi connectivity index (χ4v) is 1.74. The largest absolute Gasteiger partial charge is 0.298 e. The number of benzene rings is 2. The predicted octanol–water partition coefficient (Wildman–Crippen LogP) is 3.87. The number of halogens is 1. The Kier molecular flexibility index (Phi) is 3.33. The molecule has 86 valence electrons. The summed E-state index contributed by atoms with van der Waals surface area (Å²) in [6, 6.07) is 12.6. The number of hydrogen-bond acceptors (Lipinski definition) is 1. The molecule has 0 radical (unpaired) electrons. The first-order valence-electron chi connectivity index (χ1n) is 5.58. The smallest absolute Gasteiger partial charge is 0.152 e. The van der Waals surface area contributed by atoms with Gasteiger partial charge < -0.3 is 0 Å². The molecule has 0 fully saturated rings. The van der Waals surface area contributed by atoms with Gasteiger partial charge in [-0.15, -0.1) is 0 Å². The van der Waals surface area contributed by atoms with E-state index in [0.29, 0.717) is 6.29 Å². The van der Waals surface area contributed by atoms with Crippen molar-refractivity contribution in [1.82, 2.24) is 0 Å². The third-order valence-corrected chi connectivity index (χ3v) is 2.82. The van der Waals surface area contributed by atoms with E-state index in [2.05, 4.69) is 6.92 Å². The van der Waals surface area contributed by atoms with E-state index in [-0.39, 0.29) is 5.56 Å². The van der Waals surface area contributed by atoms with E-state index in [1.165, 1.54) is 17.7 Å². The van der Waals surface area contributed by atoms with Gasteiger partial charge in [0.1, 0.15) is 5.82 Å². The second kappa shape index (κ2) is 4.91. The quantitative estimate of drug-likeness (QED) is 0.729. The molecular formula is C15H13FO. The third kappa shape index (κ3) is 2.41. The van der Waals surface area contributed by atoms with Crippen molar-refractivity contribution in [2.24, 2.45) is 0 Å². The SMILES string of the molecule is CCc1ccc(-c2ccc(C=O)c(F)c2)cc1. The van der Waals surface area contributed by atoms with Crippen molar-refractivity contribution in [1.29, 1.82) is 0 Å². The predicted molar refractivity (Wildman–Crippen MR) is 66.6 cm³/mol. The lowest BCUT2D eigenvalue weighted by Crippen LogP contribution is -1.88. The second-order valence-electron chi connectivity index (χ2n) is 3.90. The summed E-state index contributed by atoms with van der Waals surface area (Å²) in [4.78, 5) is 10.5. The Morgan fingerprint density at radius 1 is 1.06 bits per heavy atom. The van der Waals surface area contributed by atoms with E-state index in [9.17, 15) is 9.18 Å². The van der Waals surface area contributed by atoms with Crippen LogP contribution in [-0.2, 0) is 6.42 Å². The summed E-state index contributed by atoms with van der Waals surface area (Å²) in [6.07, 6.45) is 1.51. The van der Waals surface area contributed by atoms with Gasteiger partial charge in [-0.1, -0.05) is 37.3 Å². The van der Waals surface area contributed by atoms with Gasteiger partial charge in [0.15, 0.2) is 6.29 Å². The molecule has 2 heteroatoms. The average molecular weight is 228 g/mol. The van der Waals surface area contributed by atoms with Gasteiger partial charge in [-0.25, -0.2) is 4.39 Å². The van der Waals surface area contributed by atoms with Crippen LogP contribution in [0.25, 0.3) is 11.1 Å². The van der Waals surface area contributed by atoms with Crippen LogP contribution >= 0.6 is 0 Å². The summed E-state index contributed by atoms with van der Waals surface area (Å²) >= 11 is 0. The molecule has 0 bridgehead atoms. The topological polar surface area (TPSA) is 17.1 Å². The van der Waals surface area contributed by atoms with Gasteiger partial charge in [-0.05, 0) is 35.2 Å². The fraction of sp³-hybridized carbons (Fsp3) is 0.133. The Morgan fingerprint density at radius 2 is 1.71 bits per heavy atom. The molecule has 0 unspecified atom stereocenters. The van der Waals surface area contributed by atoms with Crippen LogP contribution in [0.4, 0.5) is 4.39 Å². The summed E-state index contributed by atoms with van der Waals surface area (Å²) in [5, 5.41) is 0. The minimum Gasteiger partial charge on any atom is -0.298 e. The first-order chi connectivity index (χ1) is 8.24. The highest BCUT2D eigenvalue weighted by atomic mass is 19.1. The van der Waals surface area contributed by atoms with E-state index in [4.69, 9.17) is 0 Å². The van der Waals surface area contributed by atoms with Crippen LogP contribution in [0.15, 0.2) is 42.5 Å². The lowest BCUT2D eigenvalue weighted by molar-refractivity contribution is 0.112. The highest BCUT2D eigenvalue weighted by molar-refractivity contribution is 5.77. The summed E-state index contributed by atoms with van der Waals surface area (Å²) in [5.74, 6) is -0.475. The molecule has 2 rings (SSSR count). The Bertz CT molecular complexity index is 529. The lowest BCUT2D eigenvalue weighted by Gasteiger charge is -2.04. The molecule has 0 N–H and O–H groups in total. The molecule has 0 aliphatic rings. The van der Waals surface area contributed by atoms with Crippen LogP contribution in [0, 0.1) is 5.82 Å². The van der Waals surface area contributed by atoms with Crippen LogP contribution in [0.3, 0.4) is 0 Å². The minimum absolute atomic E-state index is 0.0962. The molecule has 0 aromatic heterocycles. The first-order valence-corrected chi connectivity index (χ1v) is 5.58. The maximum absolute atomic E-state index is 13.5. The fourth-order valence-electron chi connectivity index (χ4n) is 1.74. The van der Waals surface area contributed by atoms with Gasteiger partial charge >= 0.3 is 0 Å². The number of carbonyl (C=O) groups excluding carboxylic acids is 1. The zero-order chi connectivity index (χ0) is 12.3. The molecule has 0 heterocycles. The molecule has 0 aliphatic heterocycles. The van der Waals surface area contributed by atoms with Crippen LogP contribution in [-0.4, -0.2) is 6.29 Å². The van der Waals surface area contributed by atoms with Gasteiger partial charge in [0.05, 0.1) is 5.56 Å². The van der Waals surface area contributed by atoms with Gasteiger partial charge in [-0.3, -0.25) is 4.79 Å². The first kappa shape index (κ1) is 11.5. The van der Waals surface area contributed by atoms with Crippen molar-refractivity contribution in [2.45, 2.75) is 13.3 Å². The number of aldehydes is 1. The highest BCUT2D eigenvalue weighted by Crippen LogP contribution is 2.22. The van der Waals surface area contributed by atoms with Crippen LogP contribution in [0.1, 0.15) is 22.8 Å². The standard InChI is InChI=1S/C15H13FO/c1-2-11-3-5-12(6-4-11)13-7-8-14(10-17)15(16)9-13/h3-10H,2H2,1H3. The molecule has 0 atom stereocenters. The monoisotopic (exact) mass is 228 g/mol. The van der Waals surface area contributed by atoms with E-state index >= 15 is 0 Å². The number of aryl methyl sites for hydroxylation is 1. The second-order valence-corrected chi connectivity index (χ2v) is 3.90. The van der Waals surface area contributed by atoms with E-state index in [0.717, 1.165) is 17.5 Å². The zero-order valence-corrected chi connectivity index (χ0v) is 9.61. The zero-order valence-electron chi connectivity index (χ0n) is 9.61. The van der Waals surface area contributed by atoms with Gasteiger partial charge in [0.2, 0.25) is 0 Å². The van der Waals surface area contributed by atoms with E-state index in [1.54, 1.807) is 6.07 Å². The maximum Gasteiger partial charge on any atom is 0.152 e. The molecule has 0 spiro atoms. The van der Waals surface area contributed by atoms with Crippen LogP contribution in [0.2, 0.25) is 0 Å². The molecule has 0 amide bonds.